The fraction of sp³-hybridized carbons (Fsp3) is 0.833. The molecule has 0 fully saturated rings. The first kappa shape index (κ1) is 11.7. The normalized spacial score (nSPS) is 8.38. The van der Waals surface area contributed by atoms with Crippen LogP contribution in [-0.4, -0.2) is 0 Å². The van der Waals surface area contributed by atoms with Gasteiger partial charge in [0, 0.05) is 0 Å². The third-order valence-corrected chi connectivity index (χ3v) is 0.781. The number of rotatable bonds is 2. The Balaban J connectivity index is 0. The van der Waals surface area contributed by atoms with E-state index in [1.54, 1.807) is 0 Å². The Labute approximate surface area is 66.7 Å². The number of hydrogen-bond acceptors (Lipinski definition) is 0. The second-order valence-corrected chi connectivity index (χ2v) is 2.04. The Bertz CT molecular complexity index is 29.7. The minimum absolute atomic E-state index is 0.836. The molecule has 0 bridgehead atoms. The van der Waals surface area contributed by atoms with Crippen molar-refractivity contribution in [1.82, 2.24) is 0 Å². The molecule has 0 nitrogen and oxygen atoms in total. The van der Waals surface area contributed by atoms with Crippen LogP contribution in [0.1, 0.15) is 26.7 Å². The predicted octanol–water partition coefficient (Wildman–Crippen LogP) is 2.94. The topological polar surface area (TPSA) is 0 Å². The molecule has 0 saturated heterocycles. The molecule has 0 aliphatic carbocycles. The van der Waals surface area contributed by atoms with E-state index in [0.29, 0.717) is 0 Å². The Morgan fingerprint density at radius 1 is 1.50 bits per heavy atom. The van der Waals surface area contributed by atoms with Gasteiger partial charge in [-0.1, -0.05) is 20.3 Å². The van der Waals surface area contributed by atoms with Gasteiger partial charge in [0.25, 0.3) is 0 Å². The van der Waals surface area contributed by atoms with Crippen molar-refractivity contribution in [2.45, 2.75) is 26.7 Å². The standard InChI is InChI=1S/C6H13.ClH.Zn/c1-4-5-6(2)3;;/h6H,1,4-5H2,2-3H3;1H;/q-1;;+2/p-1. The zero-order valence-corrected chi connectivity index (χ0v) is 9.51. The Hall–Kier alpha value is 0.913. The molecular formula is C6H13ClZn. The van der Waals surface area contributed by atoms with Crippen molar-refractivity contribution >= 4 is 9.69 Å². The molecule has 0 radical (unpaired) electrons. The minimum atomic E-state index is 0.836. The van der Waals surface area contributed by atoms with Gasteiger partial charge in [-0.3, -0.25) is 0 Å². The Morgan fingerprint density at radius 2 is 1.88 bits per heavy atom. The van der Waals surface area contributed by atoms with E-state index in [4.69, 9.17) is 9.69 Å². The van der Waals surface area contributed by atoms with Crippen LogP contribution in [-0.2, 0) is 17.3 Å². The van der Waals surface area contributed by atoms with Crippen molar-refractivity contribution in [3.63, 3.8) is 0 Å². The Morgan fingerprint density at radius 3 is 1.88 bits per heavy atom. The van der Waals surface area contributed by atoms with Gasteiger partial charge in [0.05, 0.1) is 0 Å². The summed E-state index contributed by atoms with van der Waals surface area (Å²) in [5.41, 5.74) is 0. The summed E-state index contributed by atoms with van der Waals surface area (Å²) in [5, 5.41) is 0. The van der Waals surface area contributed by atoms with Crippen LogP contribution in [0.2, 0.25) is 0 Å². The van der Waals surface area contributed by atoms with Crippen molar-refractivity contribution in [3.05, 3.63) is 6.92 Å². The first-order chi connectivity index (χ1) is 3.77. The van der Waals surface area contributed by atoms with Crippen molar-refractivity contribution in [2.24, 2.45) is 5.92 Å². The fourth-order valence-electron chi connectivity index (χ4n) is 0.408. The van der Waals surface area contributed by atoms with Crippen LogP contribution in [0.5, 0.6) is 0 Å². The number of hydrogen-bond donors (Lipinski definition) is 0. The summed E-state index contributed by atoms with van der Waals surface area (Å²) in [7, 11) is 4.76. The van der Waals surface area contributed by atoms with Crippen molar-refractivity contribution in [3.8, 4) is 0 Å². The second-order valence-electron chi connectivity index (χ2n) is 2.04. The van der Waals surface area contributed by atoms with E-state index in [-0.39, 0.29) is 0 Å². The first-order valence-electron chi connectivity index (χ1n) is 2.83. The zero-order valence-electron chi connectivity index (χ0n) is 5.78. The van der Waals surface area contributed by atoms with Gasteiger partial charge in [0.15, 0.2) is 0 Å². The molecule has 0 aliphatic heterocycles. The van der Waals surface area contributed by atoms with Crippen LogP contribution in [0.15, 0.2) is 0 Å². The molecule has 0 N–H and O–H groups in total. The quantitative estimate of drug-likeness (QED) is 0.459. The second kappa shape index (κ2) is 10.8. The number of halogens is 1. The van der Waals surface area contributed by atoms with Crippen molar-refractivity contribution in [1.29, 1.82) is 0 Å². The van der Waals surface area contributed by atoms with E-state index in [1.165, 1.54) is 6.42 Å². The molecule has 0 rings (SSSR count). The molecule has 0 atom stereocenters. The molecular weight excluding hydrogens is 173 g/mol. The third-order valence-electron chi connectivity index (χ3n) is 0.781. The van der Waals surface area contributed by atoms with E-state index in [2.05, 4.69) is 20.8 Å². The van der Waals surface area contributed by atoms with E-state index >= 15 is 0 Å². The van der Waals surface area contributed by atoms with Crippen LogP contribution < -0.4 is 0 Å². The van der Waals surface area contributed by atoms with Crippen LogP contribution >= 0.6 is 9.69 Å². The van der Waals surface area contributed by atoms with Gasteiger partial charge in [-0.15, -0.1) is 0 Å². The van der Waals surface area contributed by atoms with Gasteiger partial charge in [0.2, 0.25) is 0 Å². The molecule has 0 aromatic heterocycles. The van der Waals surface area contributed by atoms with Crippen molar-refractivity contribution in [2.75, 3.05) is 0 Å². The van der Waals surface area contributed by atoms with Gasteiger partial charge < -0.3 is 6.92 Å². The van der Waals surface area contributed by atoms with Gasteiger partial charge in [-0.05, 0) is 5.92 Å². The van der Waals surface area contributed by atoms with Crippen LogP contribution in [0.25, 0.3) is 0 Å². The zero-order chi connectivity index (χ0) is 6.99. The molecule has 8 heavy (non-hydrogen) atoms. The monoisotopic (exact) mass is 184 g/mol. The third kappa shape index (κ3) is 15.8. The Kier molecular flexibility index (Phi) is 15.8. The first-order valence-corrected chi connectivity index (χ1v) is 6.73. The summed E-state index contributed by atoms with van der Waals surface area (Å²) in [6.07, 6.45) is 2.34. The molecule has 0 aromatic rings. The van der Waals surface area contributed by atoms with E-state index in [1.807, 2.05) is 0 Å². The van der Waals surface area contributed by atoms with Crippen LogP contribution in [0.4, 0.5) is 0 Å². The summed E-state index contributed by atoms with van der Waals surface area (Å²) in [6, 6.07) is 0. The SMILES string of the molecule is [CH2-]CCC(C)C.[Cl][Zn+]. The van der Waals surface area contributed by atoms with Gasteiger partial charge in [-0.2, -0.15) is 6.42 Å². The van der Waals surface area contributed by atoms with Gasteiger partial charge >= 0.3 is 27.0 Å². The molecule has 46 valence electrons. The summed E-state index contributed by atoms with van der Waals surface area (Å²) in [6.45, 7) is 8.15. The molecule has 0 unspecified atom stereocenters. The summed E-state index contributed by atoms with van der Waals surface area (Å²) in [5.74, 6) is 0.836. The summed E-state index contributed by atoms with van der Waals surface area (Å²) < 4.78 is 0. The molecule has 0 saturated carbocycles. The van der Waals surface area contributed by atoms with Crippen LogP contribution in [0.3, 0.4) is 0 Å². The average molecular weight is 186 g/mol. The molecule has 0 aliphatic rings. The van der Waals surface area contributed by atoms with Crippen molar-refractivity contribution < 1.29 is 17.3 Å². The van der Waals surface area contributed by atoms with Crippen LogP contribution in [0, 0.1) is 12.8 Å². The molecule has 0 aromatic carbocycles. The maximum atomic E-state index is 4.76. The fourth-order valence-corrected chi connectivity index (χ4v) is 0.408. The molecule has 2 heteroatoms. The summed E-state index contributed by atoms with van der Waals surface area (Å²) in [4.78, 5) is 0. The molecule has 0 heterocycles. The molecule has 0 amide bonds. The van der Waals surface area contributed by atoms with E-state index in [0.717, 1.165) is 29.7 Å². The van der Waals surface area contributed by atoms with Gasteiger partial charge in [-0.25, -0.2) is 0 Å². The predicted molar refractivity (Wildman–Crippen MR) is 35.3 cm³/mol. The average Bonchev–Trinajstić information content (AvgIpc) is 1.72. The molecule has 0 spiro atoms. The van der Waals surface area contributed by atoms with Gasteiger partial charge in [0.1, 0.15) is 0 Å². The maximum absolute atomic E-state index is 4.76. The summed E-state index contributed by atoms with van der Waals surface area (Å²) >= 11 is 0.847. The van der Waals surface area contributed by atoms with E-state index < -0.39 is 0 Å². The van der Waals surface area contributed by atoms with E-state index in [9.17, 15) is 0 Å².